The van der Waals surface area contributed by atoms with E-state index in [9.17, 15) is 9.90 Å². The molecule has 0 radical (unpaired) electrons. The minimum absolute atomic E-state index is 0. The second-order valence-corrected chi connectivity index (χ2v) is 4.77. The van der Waals surface area contributed by atoms with Crippen LogP contribution < -0.4 is 5.73 Å². The van der Waals surface area contributed by atoms with Crippen LogP contribution in [0.1, 0.15) is 5.56 Å². The van der Waals surface area contributed by atoms with Crippen molar-refractivity contribution in [3.63, 3.8) is 0 Å². The number of rotatable bonds is 3. The van der Waals surface area contributed by atoms with Crippen molar-refractivity contribution in [2.24, 2.45) is 5.73 Å². The Bertz CT molecular complexity index is 377. The van der Waals surface area contributed by atoms with Crippen LogP contribution in [0.5, 0.6) is 5.75 Å². The van der Waals surface area contributed by atoms with Crippen LogP contribution in [0.25, 0.3) is 0 Å². The lowest BCUT2D eigenvalue weighted by atomic mass is 10.1. The van der Waals surface area contributed by atoms with Gasteiger partial charge in [-0.15, -0.1) is 0 Å². The maximum absolute atomic E-state index is 10.5. The van der Waals surface area contributed by atoms with E-state index in [1.807, 2.05) is 0 Å². The van der Waals surface area contributed by atoms with Crippen molar-refractivity contribution in [3.05, 3.63) is 26.6 Å². The van der Waals surface area contributed by atoms with E-state index >= 15 is 0 Å². The smallest absolute Gasteiger partial charge is 0.320 e. The van der Waals surface area contributed by atoms with Gasteiger partial charge in [0.2, 0.25) is 0 Å². The number of carbonyl (C=O) groups is 1. The molecule has 1 aromatic rings. The van der Waals surface area contributed by atoms with Crippen LogP contribution >= 0.6 is 45.4 Å². The predicted octanol–water partition coefficient (Wildman–Crippen LogP) is 1.98. The summed E-state index contributed by atoms with van der Waals surface area (Å²) in [6, 6.07) is 2.35. The van der Waals surface area contributed by atoms with E-state index in [0.717, 1.165) is 5.56 Å². The van der Waals surface area contributed by atoms with Crippen molar-refractivity contribution in [2.75, 3.05) is 0 Å². The Balaban J connectivity index is 0.00000225. The van der Waals surface area contributed by atoms with Crippen LogP contribution in [-0.4, -0.2) is 22.2 Å². The van der Waals surface area contributed by atoms with Gasteiger partial charge >= 0.3 is 5.97 Å². The monoisotopic (exact) mass is 371 g/mol. The van der Waals surface area contributed by atoms with Gasteiger partial charge in [0.1, 0.15) is 11.8 Å². The molecule has 0 heterocycles. The molecule has 4 N–H and O–H groups in total. The summed E-state index contributed by atoms with van der Waals surface area (Å²) in [5, 5.41) is 18.1. The molecular formula is C9H11Br2NO3S. The predicted molar refractivity (Wildman–Crippen MR) is 73.2 cm³/mol. The summed E-state index contributed by atoms with van der Waals surface area (Å²) < 4.78 is 1.01. The third-order valence-electron chi connectivity index (χ3n) is 1.85. The van der Waals surface area contributed by atoms with E-state index in [1.165, 1.54) is 0 Å². The topological polar surface area (TPSA) is 83.5 Å². The summed E-state index contributed by atoms with van der Waals surface area (Å²) in [7, 11) is 0. The van der Waals surface area contributed by atoms with Crippen LogP contribution in [0.3, 0.4) is 0 Å². The van der Waals surface area contributed by atoms with Crippen molar-refractivity contribution < 1.29 is 15.0 Å². The molecule has 0 saturated carbocycles. The van der Waals surface area contributed by atoms with Gasteiger partial charge in [-0.1, -0.05) is 0 Å². The van der Waals surface area contributed by atoms with Crippen LogP contribution in [0.4, 0.5) is 0 Å². The van der Waals surface area contributed by atoms with E-state index in [0.29, 0.717) is 8.95 Å². The number of halogens is 2. The molecule has 7 heteroatoms. The first kappa shape index (κ1) is 15.8. The highest BCUT2D eigenvalue weighted by molar-refractivity contribution is 9.11. The molecule has 0 spiro atoms. The van der Waals surface area contributed by atoms with E-state index in [-0.39, 0.29) is 25.7 Å². The van der Waals surface area contributed by atoms with E-state index in [2.05, 4.69) is 31.9 Å². The molecule has 0 aromatic heterocycles. The molecule has 0 unspecified atom stereocenters. The second kappa shape index (κ2) is 6.48. The summed E-state index contributed by atoms with van der Waals surface area (Å²) >= 11 is 6.31. The van der Waals surface area contributed by atoms with Gasteiger partial charge < -0.3 is 15.9 Å². The van der Waals surface area contributed by atoms with Gasteiger partial charge in [-0.3, -0.25) is 4.79 Å². The SMILES string of the molecule is N[C@@H](Cc1cc(Br)c(O)c(Br)c1)C(=O)O.S. The molecule has 16 heavy (non-hydrogen) atoms. The first-order valence-corrected chi connectivity index (χ1v) is 5.65. The van der Waals surface area contributed by atoms with Crippen molar-refractivity contribution in [1.29, 1.82) is 0 Å². The van der Waals surface area contributed by atoms with Gasteiger partial charge in [0, 0.05) is 0 Å². The van der Waals surface area contributed by atoms with Gasteiger partial charge in [-0.25, -0.2) is 0 Å². The molecular weight excluding hydrogens is 362 g/mol. The zero-order valence-electron chi connectivity index (χ0n) is 8.08. The molecule has 0 aliphatic carbocycles. The van der Waals surface area contributed by atoms with Crippen molar-refractivity contribution in [3.8, 4) is 5.75 Å². The first-order valence-electron chi connectivity index (χ1n) is 4.07. The molecule has 0 fully saturated rings. The van der Waals surface area contributed by atoms with Crippen molar-refractivity contribution in [1.82, 2.24) is 0 Å². The number of aromatic hydroxyl groups is 1. The number of phenols is 1. The van der Waals surface area contributed by atoms with Gasteiger partial charge in [0.15, 0.2) is 0 Å². The normalized spacial score (nSPS) is 11.7. The Hall–Kier alpha value is -0.240. The standard InChI is InChI=1S/C9H9Br2NO3.H2S/c10-5-1-4(2-6(11)8(5)13)3-7(12)9(14)15;/h1-2,7,13H,3,12H2,(H,14,15);1H2/t7-;/m0./s1. The highest BCUT2D eigenvalue weighted by Gasteiger charge is 2.14. The summed E-state index contributed by atoms with van der Waals surface area (Å²) in [6.45, 7) is 0. The average Bonchev–Trinajstić information content (AvgIpc) is 2.13. The van der Waals surface area contributed by atoms with Gasteiger partial charge in [0.05, 0.1) is 8.95 Å². The first-order chi connectivity index (χ1) is 6.91. The van der Waals surface area contributed by atoms with Crippen molar-refractivity contribution >= 4 is 51.3 Å². The third kappa shape index (κ3) is 3.97. The molecule has 0 aliphatic heterocycles. The summed E-state index contributed by atoms with van der Waals surface area (Å²) in [4.78, 5) is 10.5. The molecule has 0 amide bonds. The molecule has 1 rings (SSSR count). The molecule has 4 nitrogen and oxygen atoms in total. The molecule has 90 valence electrons. The number of carboxylic acids is 1. The maximum Gasteiger partial charge on any atom is 0.320 e. The number of hydrogen-bond donors (Lipinski definition) is 3. The Morgan fingerprint density at radius 1 is 1.38 bits per heavy atom. The minimum Gasteiger partial charge on any atom is -0.506 e. The maximum atomic E-state index is 10.5. The summed E-state index contributed by atoms with van der Waals surface area (Å²) in [6.07, 6.45) is 0.215. The lowest BCUT2D eigenvalue weighted by molar-refractivity contribution is -0.138. The zero-order valence-corrected chi connectivity index (χ0v) is 12.2. The van der Waals surface area contributed by atoms with Crippen LogP contribution in [-0.2, 0) is 11.2 Å². The molecule has 1 aromatic carbocycles. The van der Waals surface area contributed by atoms with E-state index in [1.54, 1.807) is 12.1 Å². The van der Waals surface area contributed by atoms with E-state index in [4.69, 9.17) is 10.8 Å². The highest BCUT2D eigenvalue weighted by atomic mass is 79.9. The average molecular weight is 373 g/mol. The fraction of sp³-hybridized carbons (Fsp3) is 0.222. The van der Waals surface area contributed by atoms with E-state index < -0.39 is 12.0 Å². The summed E-state index contributed by atoms with van der Waals surface area (Å²) in [5.74, 6) is -0.960. The van der Waals surface area contributed by atoms with Gasteiger partial charge in [0.25, 0.3) is 0 Å². The number of carboxylic acid groups (broad SMARTS) is 1. The number of aliphatic carboxylic acids is 1. The van der Waals surface area contributed by atoms with Gasteiger partial charge in [-0.05, 0) is 56.0 Å². The molecule has 0 bridgehead atoms. The quantitative estimate of drug-likeness (QED) is 0.757. The minimum atomic E-state index is -1.05. The summed E-state index contributed by atoms with van der Waals surface area (Å²) in [5.41, 5.74) is 6.13. The Morgan fingerprint density at radius 2 is 1.81 bits per heavy atom. The lowest BCUT2D eigenvalue weighted by Gasteiger charge is -2.08. The second-order valence-electron chi connectivity index (χ2n) is 3.06. The van der Waals surface area contributed by atoms with Crippen LogP contribution in [0.2, 0.25) is 0 Å². The molecule has 0 saturated heterocycles. The van der Waals surface area contributed by atoms with Crippen molar-refractivity contribution in [2.45, 2.75) is 12.5 Å². The Labute approximate surface area is 117 Å². The third-order valence-corrected chi connectivity index (χ3v) is 3.06. The van der Waals surface area contributed by atoms with Crippen LogP contribution in [0, 0.1) is 0 Å². The lowest BCUT2D eigenvalue weighted by Crippen LogP contribution is -2.32. The largest absolute Gasteiger partial charge is 0.506 e. The zero-order chi connectivity index (χ0) is 11.6. The van der Waals surface area contributed by atoms with Gasteiger partial charge in [-0.2, -0.15) is 13.5 Å². The Kier molecular flexibility index (Phi) is 6.39. The molecule has 1 atom stereocenters. The molecule has 0 aliphatic rings. The number of nitrogens with two attached hydrogens (primary N) is 1. The number of phenolic OH excluding ortho intramolecular Hbond substituents is 1. The Morgan fingerprint density at radius 3 is 2.19 bits per heavy atom. The number of benzene rings is 1. The highest BCUT2D eigenvalue weighted by Crippen LogP contribution is 2.33. The fourth-order valence-corrected chi connectivity index (χ4v) is 2.36. The fourth-order valence-electron chi connectivity index (χ4n) is 1.08. The number of hydrogen-bond acceptors (Lipinski definition) is 3. The van der Waals surface area contributed by atoms with Crippen LogP contribution in [0.15, 0.2) is 21.1 Å².